The first-order valence-corrected chi connectivity index (χ1v) is 3.70. The van der Waals surface area contributed by atoms with E-state index < -0.39 is 0 Å². The van der Waals surface area contributed by atoms with Crippen LogP contribution in [-0.4, -0.2) is 11.4 Å². The molecular weight excluding hydrogens is 122 g/mol. The quantitative estimate of drug-likeness (QED) is 0.489. The Morgan fingerprint density at radius 3 is 3.30 bits per heavy atom. The van der Waals surface area contributed by atoms with Crippen molar-refractivity contribution in [3.8, 4) is 0 Å². The molecule has 0 aromatic heterocycles. The monoisotopic (exact) mass is 133 g/mol. The molecule has 2 rings (SSSR count). The first-order valence-electron chi connectivity index (χ1n) is 3.70. The Morgan fingerprint density at radius 1 is 1.50 bits per heavy atom. The van der Waals surface area contributed by atoms with Gasteiger partial charge in [0.2, 0.25) is 0 Å². The maximum atomic E-state index is 3.88. The molecule has 0 N–H and O–H groups in total. The lowest BCUT2D eigenvalue weighted by molar-refractivity contribution is 0.530. The van der Waals surface area contributed by atoms with Gasteiger partial charge in [-0.05, 0) is 30.6 Å². The summed E-state index contributed by atoms with van der Waals surface area (Å²) in [4.78, 5) is 2.30. The van der Waals surface area contributed by atoms with Gasteiger partial charge in [-0.1, -0.05) is 6.58 Å². The molecule has 0 unspecified atom stereocenters. The van der Waals surface area contributed by atoms with E-state index in [4.69, 9.17) is 0 Å². The molecule has 10 heavy (non-hydrogen) atoms. The van der Waals surface area contributed by atoms with E-state index in [2.05, 4.69) is 29.8 Å². The first kappa shape index (κ1) is 5.78. The van der Waals surface area contributed by atoms with Crippen molar-refractivity contribution in [2.24, 2.45) is 0 Å². The second-order valence-corrected chi connectivity index (χ2v) is 2.82. The van der Waals surface area contributed by atoms with Crippen LogP contribution in [0.1, 0.15) is 12.8 Å². The van der Waals surface area contributed by atoms with Crippen LogP contribution in [0, 0.1) is 0 Å². The number of hydrogen-bond acceptors (Lipinski definition) is 1. The maximum Gasteiger partial charge on any atom is 0.0225 e. The highest BCUT2D eigenvalue weighted by Crippen LogP contribution is 2.25. The van der Waals surface area contributed by atoms with Crippen LogP contribution in [0.5, 0.6) is 0 Å². The molecular formula is C9H11N. The first-order chi connectivity index (χ1) is 4.86. The number of nitrogens with zero attached hydrogens (tertiary/aromatic N) is 1. The van der Waals surface area contributed by atoms with E-state index >= 15 is 0 Å². The lowest BCUT2D eigenvalue weighted by Gasteiger charge is -2.18. The third kappa shape index (κ3) is 0.783. The van der Waals surface area contributed by atoms with Gasteiger partial charge in [0, 0.05) is 18.4 Å². The van der Waals surface area contributed by atoms with Crippen molar-refractivity contribution < 1.29 is 0 Å². The zero-order valence-electron chi connectivity index (χ0n) is 6.01. The molecule has 0 aromatic rings. The van der Waals surface area contributed by atoms with Crippen molar-refractivity contribution in [1.82, 2.24) is 4.90 Å². The van der Waals surface area contributed by atoms with Crippen LogP contribution in [0.25, 0.3) is 0 Å². The summed E-state index contributed by atoms with van der Waals surface area (Å²) in [6, 6.07) is 0. The van der Waals surface area contributed by atoms with Crippen LogP contribution in [0.15, 0.2) is 36.2 Å². The zero-order chi connectivity index (χ0) is 6.97. The van der Waals surface area contributed by atoms with Gasteiger partial charge in [-0.3, -0.25) is 0 Å². The van der Waals surface area contributed by atoms with Crippen LogP contribution in [0.4, 0.5) is 0 Å². The molecule has 0 saturated carbocycles. The normalized spacial score (nSPS) is 23.0. The minimum Gasteiger partial charge on any atom is -0.351 e. The van der Waals surface area contributed by atoms with E-state index in [1.165, 1.54) is 25.1 Å². The molecule has 52 valence electrons. The van der Waals surface area contributed by atoms with Gasteiger partial charge in [-0.2, -0.15) is 0 Å². The highest BCUT2D eigenvalue weighted by atomic mass is 15.1. The van der Waals surface area contributed by atoms with Crippen molar-refractivity contribution in [2.75, 3.05) is 6.54 Å². The minimum atomic E-state index is 1.13. The van der Waals surface area contributed by atoms with Crippen molar-refractivity contribution >= 4 is 0 Å². The molecule has 0 atom stereocenters. The predicted octanol–water partition coefficient (Wildman–Crippen LogP) is 2.05. The smallest absolute Gasteiger partial charge is 0.0225 e. The van der Waals surface area contributed by atoms with Crippen LogP contribution in [0.2, 0.25) is 0 Å². The van der Waals surface area contributed by atoms with E-state index in [9.17, 15) is 0 Å². The van der Waals surface area contributed by atoms with E-state index in [0.717, 1.165) is 5.57 Å². The SMILES string of the molecule is C=C1C=CN2CCCC2=C1. The summed E-state index contributed by atoms with van der Waals surface area (Å²) < 4.78 is 0. The van der Waals surface area contributed by atoms with Crippen molar-refractivity contribution in [3.05, 3.63) is 36.2 Å². The molecule has 0 amide bonds. The Balaban J connectivity index is 2.30. The number of allylic oxidation sites excluding steroid dienone is 4. The van der Waals surface area contributed by atoms with Gasteiger partial charge in [0.25, 0.3) is 0 Å². The molecule has 0 spiro atoms. The zero-order valence-corrected chi connectivity index (χ0v) is 6.01. The van der Waals surface area contributed by atoms with Crippen LogP contribution >= 0.6 is 0 Å². The molecule has 1 heteroatoms. The van der Waals surface area contributed by atoms with Gasteiger partial charge in [-0.25, -0.2) is 0 Å². The Morgan fingerprint density at radius 2 is 2.40 bits per heavy atom. The van der Waals surface area contributed by atoms with Crippen LogP contribution in [-0.2, 0) is 0 Å². The highest BCUT2D eigenvalue weighted by Gasteiger charge is 2.15. The number of rotatable bonds is 0. The fourth-order valence-electron chi connectivity index (χ4n) is 1.49. The van der Waals surface area contributed by atoms with Gasteiger partial charge in [0.05, 0.1) is 0 Å². The molecule has 0 bridgehead atoms. The van der Waals surface area contributed by atoms with Gasteiger partial charge in [0.1, 0.15) is 0 Å². The van der Waals surface area contributed by atoms with Gasteiger partial charge in [0.15, 0.2) is 0 Å². The van der Waals surface area contributed by atoms with Crippen molar-refractivity contribution in [2.45, 2.75) is 12.8 Å². The fraction of sp³-hybridized carbons (Fsp3) is 0.333. The maximum absolute atomic E-state index is 3.88. The molecule has 0 aromatic carbocycles. The molecule has 0 radical (unpaired) electrons. The Labute approximate surface area is 61.3 Å². The largest absolute Gasteiger partial charge is 0.351 e. The van der Waals surface area contributed by atoms with E-state index in [0.29, 0.717) is 0 Å². The molecule has 1 saturated heterocycles. The summed E-state index contributed by atoms with van der Waals surface area (Å²) in [5, 5.41) is 0. The molecule has 1 fully saturated rings. The van der Waals surface area contributed by atoms with E-state index in [-0.39, 0.29) is 0 Å². The van der Waals surface area contributed by atoms with E-state index in [1.54, 1.807) is 0 Å². The number of fused-ring (bicyclic) bond motifs is 1. The summed E-state index contributed by atoms with van der Waals surface area (Å²) in [5.74, 6) is 0. The Hall–Kier alpha value is -0.980. The standard InChI is InChI=1S/C9H11N/c1-8-4-6-10-5-2-3-9(10)7-8/h4,6-7H,1-3,5H2. The second-order valence-electron chi connectivity index (χ2n) is 2.82. The number of hydrogen-bond donors (Lipinski definition) is 0. The summed E-state index contributed by atoms with van der Waals surface area (Å²) in [5.41, 5.74) is 2.57. The predicted molar refractivity (Wildman–Crippen MR) is 42.3 cm³/mol. The molecule has 0 aliphatic carbocycles. The van der Waals surface area contributed by atoms with Gasteiger partial charge in [-0.15, -0.1) is 0 Å². The molecule has 2 aliphatic rings. The topological polar surface area (TPSA) is 3.24 Å². The third-order valence-corrected chi connectivity index (χ3v) is 2.02. The Kier molecular flexibility index (Phi) is 1.16. The average Bonchev–Trinajstić information content (AvgIpc) is 2.33. The van der Waals surface area contributed by atoms with Gasteiger partial charge < -0.3 is 4.90 Å². The summed E-state index contributed by atoms with van der Waals surface area (Å²) in [7, 11) is 0. The lowest BCUT2D eigenvalue weighted by Crippen LogP contribution is -2.11. The summed E-state index contributed by atoms with van der Waals surface area (Å²) in [6.45, 7) is 5.07. The summed E-state index contributed by atoms with van der Waals surface area (Å²) >= 11 is 0. The molecule has 2 aliphatic heterocycles. The van der Waals surface area contributed by atoms with Crippen molar-refractivity contribution in [3.63, 3.8) is 0 Å². The van der Waals surface area contributed by atoms with Gasteiger partial charge >= 0.3 is 0 Å². The van der Waals surface area contributed by atoms with Crippen molar-refractivity contribution in [1.29, 1.82) is 0 Å². The summed E-state index contributed by atoms with van der Waals surface area (Å²) in [6.07, 6.45) is 8.89. The van der Waals surface area contributed by atoms with E-state index in [1.807, 2.05) is 0 Å². The third-order valence-electron chi connectivity index (χ3n) is 2.02. The highest BCUT2D eigenvalue weighted by molar-refractivity contribution is 5.35. The van der Waals surface area contributed by atoms with Crippen LogP contribution < -0.4 is 0 Å². The second kappa shape index (κ2) is 2.01. The lowest BCUT2D eigenvalue weighted by atomic mass is 10.2. The molecule has 2 heterocycles. The van der Waals surface area contributed by atoms with Crippen LogP contribution in [0.3, 0.4) is 0 Å². The minimum absolute atomic E-state index is 1.13. The molecule has 1 nitrogen and oxygen atoms in total. The average molecular weight is 133 g/mol. The Bertz CT molecular complexity index is 223. The fourth-order valence-corrected chi connectivity index (χ4v) is 1.49.